The van der Waals surface area contributed by atoms with E-state index in [1.807, 2.05) is 0 Å². The third kappa shape index (κ3) is 2.52. The van der Waals surface area contributed by atoms with Crippen LogP contribution in [0.3, 0.4) is 0 Å². The second-order valence-corrected chi connectivity index (χ2v) is 5.48. The monoisotopic (exact) mass is 209 g/mol. The van der Waals surface area contributed by atoms with Crippen molar-refractivity contribution in [2.24, 2.45) is 11.3 Å². The van der Waals surface area contributed by atoms with E-state index in [1.165, 1.54) is 12.8 Å². The number of hydrogen-bond acceptors (Lipinski definition) is 2. The molecule has 0 atom stereocenters. The molecule has 1 aliphatic carbocycles. The van der Waals surface area contributed by atoms with Gasteiger partial charge in [0.2, 0.25) is 0 Å². The van der Waals surface area contributed by atoms with E-state index >= 15 is 0 Å². The van der Waals surface area contributed by atoms with E-state index in [2.05, 4.69) is 13.0 Å². The highest BCUT2D eigenvalue weighted by Gasteiger charge is 2.46. The van der Waals surface area contributed by atoms with Gasteiger partial charge in [-0.3, -0.25) is 0 Å². The van der Waals surface area contributed by atoms with Crippen molar-refractivity contribution in [3.63, 3.8) is 0 Å². The minimum atomic E-state index is -0.862. The van der Waals surface area contributed by atoms with Crippen molar-refractivity contribution in [3.8, 4) is 6.07 Å². The molecule has 0 spiro atoms. The Labute approximate surface area is 93.3 Å². The number of nitrogens with zero attached hydrogens (tertiary/aromatic N) is 1. The molecule has 1 rings (SSSR count). The molecule has 0 radical (unpaired) electrons. The lowest BCUT2D eigenvalue weighted by atomic mass is 9.63. The fourth-order valence-electron chi connectivity index (χ4n) is 2.73. The van der Waals surface area contributed by atoms with E-state index in [0.29, 0.717) is 0 Å². The maximum atomic E-state index is 10.1. The molecule has 86 valence electrons. The van der Waals surface area contributed by atoms with Crippen LogP contribution in [0.15, 0.2) is 0 Å². The Hall–Kier alpha value is -0.550. The number of aliphatic hydroxyl groups is 1. The molecule has 0 aliphatic heterocycles. The Morgan fingerprint density at radius 2 is 1.93 bits per heavy atom. The molecule has 0 unspecified atom stereocenters. The van der Waals surface area contributed by atoms with Crippen LogP contribution in [-0.4, -0.2) is 10.7 Å². The zero-order chi connectivity index (χ0) is 11.5. The number of nitriles is 1. The maximum Gasteiger partial charge on any atom is 0.0855 e. The van der Waals surface area contributed by atoms with Crippen molar-refractivity contribution in [1.29, 1.82) is 5.26 Å². The summed E-state index contributed by atoms with van der Waals surface area (Å²) < 4.78 is 0. The quantitative estimate of drug-likeness (QED) is 0.775. The van der Waals surface area contributed by atoms with Gasteiger partial charge in [-0.15, -0.1) is 0 Å². The van der Waals surface area contributed by atoms with Gasteiger partial charge in [-0.25, -0.2) is 0 Å². The average molecular weight is 209 g/mol. The lowest BCUT2D eigenvalue weighted by Gasteiger charge is -2.42. The van der Waals surface area contributed by atoms with Crippen molar-refractivity contribution in [2.45, 2.75) is 64.9 Å². The molecule has 0 heterocycles. The summed E-state index contributed by atoms with van der Waals surface area (Å²) in [4.78, 5) is 0. The maximum absolute atomic E-state index is 10.1. The third-order valence-corrected chi connectivity index (χ3v) is 4.04. The van der Waals surface area contributed by atoms with Crippen molar-refractivity contribution in [2.75, 3.05) is 0 Å². The molecule has 2 heteroatoms. The van der Waals surface area contributed by atoms with Gasteiger partial charge in [0.15, 0.2) is 0 Å². The van der Waals surface area contributed by atoms with Gasteiger partial charge in [-0.1, -0.05) is 19.8 Å². The molecule has 0 aromatic rings. The van der Waals surface area contributed by atoms with Gasteiger partial charge in [-0.2, -0.15) is 5.26 Å². The van der Waals surface area contributed by atoms with Crippen LogP contribution in [0.4, 0.5) is 0 Å². The molecule has 0 saturated heterocycles. The van der Waals surface area contributed by atoms with Gasteiger partial charge in [0.05, 0.1) is 17.1 Å². The molecule has 0 aromatic heterocycles. The predicted molar refractivity (Wildman–Crippen MR) is 61.2 cm³/mol. The molecule has 1 fully saturated rings. The summed E-state index contributed by atoms with van der Waals surface area (Å²) in [7, 11) is 0. The molecule has 0 bridgehead atoms. The smallest absolute Gasteiger partial charge is 0.0855 e. The second-order valence-electron chi connectivity index (χ2n) is 5.48. The zero-order valence-corrected chi connectivity index (χ0v) is 10.2. The largest absolute Gasteiger partial charge is 0.389 e. The minimum Gasteiger partial charge on any atom is -0.389 e. The van der Waals surface area contributed by atoms with Crippen molar-refractivity contribution in [1.82, 2.24) is 0 Å². The van der Waals surface area contributed by atoms with Gasteiger partial charge in [-0.05, 0) is 45.4 Å². The van der Waals surface area contributed by atoms with E-state index in [9.17, 15) is 10.4 Å². The Bertz CT molecular complexity index is 238. The Balaban J connectivity index is 2.64. The van der Waals surface area contributed by atoms with E-state index in [0.717, 1.165) is 31.6 Å². The van der Waals surface area contributed by atoms with Gasteiger partial charge >= 0.3 is 0 Å². The van der Waals surface area contributed by atoms with Gasteiger partial charge in [0, 0.05) is 0 Å². The molecule has 1 N–H and O–H groups in total. The van der Waals surface area contributed by atoms with E-state index in [1.54, 1.807) is 13.8 Å². The van der Waals surface area contributed by atoms with Crippen LogP contribution in [0, 0.1) is 22.7 Å². The lowest BCUT2D eigenvalue weighted by Crippen LogP contribution is -2.45. The molecule has 0 amide bonds. The van der Waals surface area contributed by atoms with Crippen LogP contribution in [0.25, 0.3) is 0 Å². The Morgan fingerprint density at radius 1 is 1.40 bits per heavy atom. The number of rotatable bonds is 3. The highest BCUT2D eigenvalue weighted by atomic mass is 16.3. The molecule has 15 heavy (non-hydrogen) atoms. The fraction of sp³-hybridized carbons (Fsp3) is 0.923. The summed E-state index contributed by atoms with van der Waals surface area (Å²) >= 11 is 0. The van der Waals surface area contributed by atoms with E-state index in [-0.39, 0.29) is 0 Å². The van der Waals surface area contributed by atoms with E-state index < -0.39 is 11.0 Å². The lowest BCUT2D eigenvalue weighted by molar-refractivity contribution is -0.0491. The Kier molecular flexibility index (Phi) is 3.78. The molecule has 1 saturated carbocycles. The zero-order valence-electron chi connectivity index (χ0n) is 10.2. The summed E-state index contributed by atoms with van der Waals surface area (Å²) in [6, 6.07) is 2.37. The summed E-state index contributed by atoms with van der Waals surface area (Å²) in [6.07, 6.45) is 6.42. The average Bonchev–Trinajstić information content (AvgIpc) is 2.18. The molecule has 2 nitrogen and oxygen atoms in total. The highest BCUT2D eigenvalue weighted by Crippen LogP contribution is 2.46. The highest BCUT2D eigenvalue weighted by molar-refractivity contribution is 5.09. The summed E-state index contributed by atoms with van der Waals surface area (Å²) in [5.74, 6) is 0.777. The molecular weight excluding hydrogens is 186 g/mol. The van der Waals surface area contributed by atoms with Crippen LogP contribution >= 0.6 is 0 Å². The summed E-state index contributed by atoms with van der Waals surface area (Å²) in [5.41, 5.74) is -1.36. The molecular formula is C13H23NO. The van der Waals surface area contributed by atoms with Gasteiger partial charge in [0.25, 0.3) is 0 Å². The topological polar surface area (TPSA) is 44.0 Å². The fourth-order valence-corrected chi connectivity index (χ4v) is 2.73. The first-order valence-corrected chi connectivity index (χ1v) is 6.09. The standard InChI is InChI=1S/C13H23NO/c1-4-5-11-6-8-13(10-14,9-7-11)12(2,3)15/h11,15H,4-9H2,1-3H3. The van der Waals surface area contributed by atoms with Gasteiger partial charge < -0.3 is 5.11 Å². The predicted octanol–water partition coefficient (Wildman–Crippen LogP) is 3.26. The second kappa shape index (κ2) is 4.53. The molecule has 1 aliphatic rings. The normalized spacial score (nSPS) is 32.3. The third-order valence-electron chi connectivity index (χ3n) is 4.04. The van der Waals surface area contributed by atoms with Crippen LogP contribution in [-0.2, 0) is 0 Å². The van der Waals surface area contributed by atoms with Crippen molar-refractivity contribution in [3.05, 3.63) is 0 Å². The minimum absolute atomic E-state index is 0.503. The summed E-state index contributed by atoms with van der Waals surface area (Å²) in [6.45, 7) is 5.76. The van der Waals surface area contributed by atoms with E-state index in [4.69, 9.17) is 0 Å². The van der Waals surface area contributed by atoms with Crippen LogP contribution in [0.5, 0.6) is 0 Å². The number of hydrogen-bond donors (Lipinski definition) is 1. The van der Waals surface area contributed by atoms with Crippen molar-refractivity contribution >= 4 is 0 Å². The first-order chi connectivity index (χ1) is 6.95. The van der Waals surface area contributed by atoms with Crippen molar-refractivity contribution < 1.29 is 5.11 Å². The first-order valence-electron chi connectivity index (χ1n) is 6.09. The first kappa shape index (κ1) is 12.5. The SMILES string of the molecule is CCCC1CCC(C#N)(C(C)(C)O)CC1. The molecule has 0 aromatic carbocycles. The summed E-state index contributed by atoms with van der Waals surface area (Å²) in [5, 5.41) is 19.4. The van der Waals surface area contributed by atoms with Crippen LogP contribution in [0.1, 0.15) is 59.3 Å². The van der Waals surface area contributed by atoms with Crippen LogP contribution in [0.2, 0.25) is 0 Å². The Morgan fingerprint density at radius 3 is 2.27 bits per heavy atom. The van der Waals surface area contributed by atoms with Crippen LogP contribution < -0.4 is 0 Å². The van der Waals surface area contributed by atoms with Gasteiger partial charge in [0.1, 0.15) is 0 Å².